The average molecular weight is 380 g/mol. The van der Waals surface area contributed by atoms with Gasteiger partial charge in [-0.1, -0.05) is 6.07 Å². The summed E-state index contributed by atoms with van der Waals surface area (Å²) in [6, 6.07) is 11.3. The first-order chi connectivity index (χ1) is 13.2. The van der Waals surface area contributed by atoms with Crippen LogP contribution in [0.15, 0.2) is 53.3 Å². The third-order valence-corrected chi connectivity index (χ3v) is 4.72. The SMILES string of the molecule is Cc1nc2cc(OCc3nc(C(=O)NCc4ccccn4)co3)ccc2s1. The molecule has 0 aliphatic carbocycles. The number of oxazole rings is 1. The Morgan fingerprint density at radius 1 is 1.26 bits per heavy atom. The average Bonchev–Trinajstić information content (AvgIpc) is 3.30. The predicted octanol–water partition coefficient (Wildman–Crippen LogP) is 3.50. The topological polar surface area (TPSA) is 90.1 Å². The third kappa shape index (κ3) is 4.12. The number of amides is 1. The molecular formula is C19H16N4O3S. The van der Waals surface area contributed by atoms with E-state index >= 15 is 0 Å². The van der Waals surface area contributed by atoms with E-state index in [1.807, 2.05) is 43.3 Å². The van der Waals surface area contributed by atoms with E-state index in [1.54, 1.807) is 17.5 Å². The van der Waals surface area contributed by atoms with Gasteiger partial charge in [0.05, 0.1) is 27.5 Å². The van der Waals surface area contributed by atoms with Gasteiger partial charge in [-0.25, -0.2) is 9.97 Å². The van der Waals surface area contributed by atoms with E-state index < -0.39 is 0 Å². The van der Waals surface area contributed by atoms with Gasteiger partial charge in [0.1, 0.15) is 12.0 Å². The predicted molar refractivity (Wildman–Crippen MR) is 101 cm³/mol. The number of nitrogens with one attached hydrogen (secondary N) is 1. The normalized spacial score (nSPS) is 10.9. The van der Waals surface area contributed by atoms with Crippen molar-refractivity contribution in [3.8, 4) is 5.75 Å². The zero-order chi connectivity index (χ0) is 18.6. The molecule has 0 saturated carbocycles. The lowest BCUT2D eigenvalue weighted by molar-refractivity contribution is 0.0945. The van der Waals surface area contributed by atoms with E-state index in [0.717, 1.165) is 20.9 Å². The van der Waals surface area contributed by atoms with Gasteiger partial charge in [-0.2, -0.15) is 0 Å². The van der Waals surface area contributed by atoms with E-state index in [1.165, 1.54) is 6.26 Å². The molecule has 0 bridgehead atoms. The molecular weight excluding hydrogens is 364 g/mol. The second-order valence-corrected chi connectivity index (χ2v) is 7.02. The summed E-state index contributed by atoms with van der Waals surface area (Å²) < 4.78 is 12.1. The van der Waals surface area contributed by atoms with E-state index in [0.29, 0.717) is 18.2 Å². The maximum Gasteiger partial charge on any atom is 0.273 e. The number of hydrogen-bond donors (Lipinski definition) is 1. The third-order valence-electron chi connectivity index (χ3n) is 3.77. The standard InChI is InChI=1S/C19H16N4O3S/c1-12-22-15-8-14(5-6-17(15)27-12)25-11-18-23-16(10-26-18)19(24)21-9-13-4-2-3-7-20-13/h2-8,10H,9,11H2,1H3,(H,21,24). The number of carbonyl (C=O) groups excluding carboxylic acids is 1. The summed E-state index contributed by atoms with van der Waals surface area (Å²) in [5, 5.41) is 3.76. The van der Waals surface area contributed by atoms with Gasteiger partial charge in [-0.05, 0) is 31.2 Å². The molecule has 7 nitrogen and oxygen atoms in total. The number of benzene rings is 1. The van der Waals surface area contributed by atoms with Gasteiger partial charge in [-0.15, -0.1) is 11.3 Å². The highest BCUT2D eigenvalue weighted by atomic mass is 32.1. The van der Waals surface area contributed by atoms with Crippen LogP contribution < -0.4 is 10.1 Å². The molecule has 0 saturated heterocycles. The highest BCUT2D eigenvalue weighted by Gasteiger charge is 2.13. The zero-order valence-corrected chi connectivity index (χ0v) is 15.3. The van der Waals surface area contributed by atoms with Crippen LogP contribution in [0.2, 0.25) is 0 Å². The summed E-state index contributed by atoms with van der Waals surface area (Å²) in [5.41, 5.74) is 1.87. The largest absolute Gasteiger partial charge is 0.484 e. The quantitative estimate of drug-likeness (QED) is 0.551. The van der Waals surface area contributed by atoms with Crippen LogP contribution in [0.25, 0.3) is 10.2 Å². The molecule has 0 unspecified atom stereocenters. The number of aryl methyl sites for hydroxylation is 1. The molecule has 0 radical (unpaired) electrons. The number of thiazole rings is 1. The van der Waals surface area contributed by atoms with Gasteiger partial charge in [0.15, 0.2) is 12.3 Å². The van der Waals surface area contributed by atoms with Crippen molar-refractivity contribution in [3.63, 3.8) is 0 Å². The smallest absolute Gasteiger partial charge is 0.273 e. The minimum Gasteiger partial charge on any atom is -0.484 e. The summed E-state index contributed by atoms with van der Waals surface area (Å²) in [6.07, 6.45) is 3.00. The molecule has 27 heavy (non-hydrogen) atoms. The molecule has 8 heteroatoms. The second kappa shape index (κ2) is 7.55. The van der Waals surface area contributed by atoms with E-state index in [9.17, 15) is 4.79 Å². The lowest BCUT2D eigenvalue weighted by Gasteiger charge is -2.03. The molecule has 1 amide bonds. The van der Waals surface area contributed by atoms with Crippen molar-refractivity contribution >= 4 is 27.5 Å². The first kappa shape index (κ1) is 17.2. The number of nitrogens with zero attached hydrogens (tertiary/aromatic N) is 3. The number of pyridine rings is 1. The van der Waals surface area contributed by atoms with Gasteiger partial charge in [0.25, 0.3) is 5.91 Å². The summed E-state index contributed by atoms with van der Waals surface area (Å²) in [5.74, 6) is 0.676. The Hall–Kier alpha value is -3.26. The Kier molecular flexibility index (Phi) is 4.80. The van der Waals surface area contributed by atoms with Crippen molar-refractivity contribution in [2.24, 2.45) is 0 Å². The van der Waals surface area contributed by atoms with Crippen molar-refractivity contribution in [1.29, 1.82) is 0 Å². The minimum atomic E-state index is -0.324. The minimum absolute atomic E-state index is 0.127. The van der Waals surface area contributed by atoms with Crippen LogP contribution in [-0.4, -0.2) is 20.9 Å². The fourth-order valence-electron chi connectivity index (χ4n) is 2.50. The van der Waals surface area contributed by atoms with Crippen molar-refractivity contribution in [1.82, 2.24) is 20.3 Å². The van der Waals surface area contributed by atoms with Gasteiger partial charge in [0, 0.05) is 12.3 Å². The monoisotopic (exact) mass is 380 g/mol. The molecule has 136 valence electrons. The fourth-order valence-corrected chi connectivity index (χ4v) is 3.31. The maximum absolute atomic E-state index is 12.1. The highest BCUT2D eigenvalue weighted by Crippen LogP contribution is 2.25. The number of ether oxygens (including phenoxy) is 1. The van der Waals surface area contributed by atoms with Gasteiger partial charge in [-0.3, -0.25) is 9.78 Å². The molecule has 3 aromatic heterocycles. The lowest BCUT2D eigenvalue weighted by atomic mass is 10.3. The molecule has 0 aliphatic rings. The van der Waals surface area contributed by atoms with Gasteiger partial charge in [0.2, 0.25) is 5.89 Å². The number of carbonyl (C=O) groups is 1. The molecule has 0 aliphatic heterocycles. The van der Waals surface area contributed by atoms with Crippen molar-refractivity contribution in [3.05, 3.63) is 71.1 Å². The number of rotatable bonds is 6. The summed E-state index contributed by atoms with van der Waals surface area (Å²) in [4.78, 5) is 24.9. The Morgan fingerprint density at radius 2 is 2.19 bits per heavy atom. The van der Waals surface area contributed by atoms with Crippen molar-refractivity contribution in [2.75, 3.05) is 0 Å². The molecule has 4 aromatic rings. The van der Waals surface area contributed by atoms with E-state index in [2.05, 4.69) is 20.3 Å². The Balaban J connectivity index is 1.35. The van der Waals surface area contributed by atoms with Crippen LogP contribution in [0, 0.1) is 6.92 Å². The lowest BCUT2D eigenvalue weighted by Crippen LogP contribution is -2.23. The van der Waals surface area contributed by atoms with Crippen LogP contribution in [0.5, 0.6) is 5.75 Å². The number of fused-ring (bicyclic) bond motifs is 1. The molecule has 0 spiro atoms. The summed E-state index contributed by atoms with van der Waals surface area (Å²) in [6.45, 7) is 2.42. The van der Waals surface area contributed by atoms with Crippen LogP contribution in [0.1, 0.15) is 27.1 Å². The van der Waals surface area contributed by atoms with Crippen molar-refractivity contribution in [2.45, 2.75) is 20.1 Å². The Morgan fingerprint density at radius 3 is 3.04 bits per heavy atom. The van der Waals surface area contributed by atoms with Crippen LogP contribution in [-0.2, 0) is 13.2 Å². The molecule has 0 atom stereocenters. The fraction of sp³-hybridized carbons (Fsp3) is 0.158. The first-order valence-corrected chi connectivity index (χ1v) is 9.11. The van der Waals surface area contributed by atoms with Gasteiger partial charge < -0.3 is 14.5 Å². The molecule has 4 rings (SSSR count). The Bertz CT molecular complexity index is 1070. The molecule has 0 fully saturated rings. The van der Waals surface area contributed by atoms with Crippen molar-refractivity contribution < 1.29 is 13.9 Å². The highest BCUT2D eigenvalue weighted by molar-refractivity contribution is 7.18. The van der Waals surface area contributed by atoms with Crippen LogP contribution >= 0.6 is 11.3 Å². The summed E-state index contributed by atoms with van der Waals surface area (Å²) >= 11 is 1.64. The maximum atomic E-state index is 12.1. The Labute approximate surface area is 159 Å². The molecule has 3 heterocycles. The second-order valence-electron chi connectivity index (χ2n) is 5.78. The van der Waals surface area contributed by atoms with Crippen LogP contribution in [0.4, 0.5) is 0 Å². The molecule has 1 aromatic carbocycles. The van der Waals surface area contributed by atoms with Gasteiger partial charge >= 0.3 is 0 Å². The first-order valence-electron chi connectivity index (χ1n) is 8.30. The van der Waals surface area contributed by atoms with Crippen LogP contribution in [0.3, 0.4) is 0 Å². The van der Waals surface area contributed by atoms with E-state index in [-0.39, 0.29) is 18.2 Å². The number of aromatic nitrogens is 3. The van der Waals surface area contributed by atoms with E-state index in [4.69, 9.17) is 9.15 Å². The molecule has 1 N–H and O–H groups in total. The zero-order valence-electron chi connectivity index (χ0n) is 14.5. The summed E-state index contributed by atoms with van der Waals surface area (Å²) in [7, 11) is 0. The number of hydrogen-bond acceptors (Lipinski definition) is 7.